The molecule has 0 aliphatic heterocycles. The highest BCUT2D eigenvalue weighted by Crippen LogP contribution is 2.59. The van der Waals surface area contributed by atoms with Crippen molar-refractivity contribution >= 4 is 11.7 Å². The molecule has 0 N–H and O–H groups in total. The van der Waals surface area contributed by atoms with E-state index in [1.807, 2.05) is 0 Å². The Morgan fingerprint density at radius 3 is 2.61 bits per heavy atom. The van der Waals surface area contributed by atoms with Crippen LogP contribution in [0.2, 0.25) is 0 Å². The average molecular weight is 315 g/mol. The lowest BCUT2D eigenvalue weighted by Gasteiger charge is -2.56. The fourth-order valence-corrected chi connectivity index (χ4v) is 3.82. The number of allylic oxidation sites excluding steroid dienone is 1. The van der Waals surface area contributed by atoms with Crippen molar-refractivity contribution in [2.75, 3.05) is 6.61 Å². The molecule has 0 saturated heterocycles. The smallest absolute Gasteiger partial charge is 0.338 e. The molecule has 1 saturated carbocycles. The molecule has 2 bridgehead atoms. The summed E-state index contributed by atoms with van der Waals surface area (Å²) in [6.45, 7) is 5.00. The number of nitrogens with zero attached hydrogens (tertiary/aromatic N) is 1. The first-order valence-corrected chi connectivity index (χ1v) is 8.00. The van der Waals surface area contributed by atoms with Crippen LogP contribution in [0, 0.1) is 27.4 Å². The minimum Gasteiger partial charge on any atom is -0.462 e. The van der Waals surface area contributed by atoms with E-state index in [9.17, 15) is 14.9 Å². The van der Waals surface area contributed by atoms with E-state index in [1.165, 1.54) is 36.3 Å². The summed E-state index contributed by atoms with van der Waals surface area (Å²) in [6.07, 6.45) is 5.48. The maximum Gasteiger partial charge on any atom is 0.338 e. The van der Waals surface area contributed by atoms with Crippen molar-refractivity contribution in [3.63, 3.8) is 0 Å². The van der Waals surface area contributed by atoms with E-state index < -0.39 is 10.9 Å². The third kappa shape index (κ3) is 2.87. The number of benzene rings is 1. The van der Waals surface area contributed by atoms with E-state index in [1.54, 1.807) is 0 Å². The molecule has 5 nitrogen and oxygen atoms in total. The van der Waals surface area contributed by atoms with E-state index in [4.69, 9.17) is 4.74 Å². The number of ether oxygens (including phenoxy) is 1. The molecule has 1 aromatic rings. The van der Waals surface area contributed by atoms with Crippen molar-refractivity contribution in [3.8, 4) is 0 Å². The zero-order chi connectivity index (χ0) is 16.6. The molecule has 0 spiro atoms. The molecule has 0 radical (unpaired) electrons. The molecule has 23 heavy (non-hydrogen) atoms. The summed E-state index contributed by atoms with van der Waals surface area (Å²) in [7, 11) is 0. The van der Waals surface area contributed by atoms with Gasteiger partial charge >= 0.3 is 5.97 Å². The van der Waals surface area contributed by atoms with Crippen molar-refractivity contribution < 1.29 is 14.5 Å². The maximum absolute atomic E-state index is 12.0. The summed E-state index contributed by atoms with van der Waals surface area (Å²) in [5.74, 6) is 1.00. The van der Waals surface area contributed by atoms with Crippen LogP contribution in [0.5, 0.6) is 0 Å². The first kappa shape index (κ1) is 15.7. The number of fused-ring (bicyclic) bond motifs is 1. The second kappa shape index (κ2) is 5.80. The van der Waals surface area contributed by atoms with Crippen LogP contribution in [0.15, 0.2) is 35.9 Å². The maximum atomic E-state index is 12.0. The van der Waals surface area contributed by atoms with Gasteiger partial charge in [-0.25, -0.2) is 4.79 Å². The van der Waals surface area contributed by atoms with Gasteiger partial charge in [-0.3, -0.25) is 10.1 Å². The van der Waals surface area contributed by atoms with Crippen LogP contribution in [0.4, 0.5) is 5.69 Å². The lowest BCUT2D eigenvalue weighted by Crippen LogP contribution is -2.48. The molecule has 0 heterocycles. The van der Waals surface area contributed by atoms with Crippen molar-refractivity contribution in [3.05, 3.63) is 51.6 Å². The number of hydrogen-bond acceptors (Lipinski definition) is 4. The molecule has 0 unspecified atom stereocenters. The van der Waals surface area contributed by atoms with Gasteiger partial charge in [-0.05, 0) is 42.2 Å². The summed E-state index contributed by atoms with van der Waals surface area (Å²) in [5.41, 5.74) is 2.11. The van der Waals surface area contributed by atoms with Crippen LogP contribution in [0.25, 0.3) is 0 Å². The lowest BCUT2D eigenvalue weighted by atomic mass is 9.48. The van der Waals surface area contributed by atoms with E-state index in [0.29, 0.717) is 23.5 Å². The van der Waals surface area contributed by atoms with Crippen LogP contribution >= 0.6 is 0 Å². The molecule has 5 heteroatoms. The first-order chi connectivity index (χ1) is 10.9. The molecule has 1 aromatic carbocycles. The van der Waals surface area contributed by atoms with Gasteiger partial charge in [-0.1, -0.05) is 25.5 Å². The van der Waals surface area contributed by atoms with Crippen LogP contribution in [-0.2, 0) is 4.74 Å². The Morgan fingerprint density at radius 1 is 1.35 bits per heavy atom. The van der Waals surface area contributed by atoms with Crippen molar-refractivity contribution in [2.45, 2.75) is 33.1 Å². The van der Waals surface area contributed by atoms with Crippen LogP contribution in [0.3, 0.4) is 0 Å². The quantitative estimate of drug-likeness (QED) is 0.354. The van der Waals surface area contributed by atoms with Crippen LogP contribution in [-0.4, -0.2) is 17.5 Å². The predicted octanol–water partition coefficient (Wildman–Crippen LogP) is 4.13. The Labute approximate surface area is 135 Å². The normalized spacial score (nSPS) is 24.3. The number of rotatable bonds is 5. The molecule has 4 rings (SSSR count). The van der Waals surface area contributed by atoms with Crippen LogP contribution < -0.4 is 0 Å². The van der Waals surface area contributed by atoms with E-state index in [-0.39, 0.29) is 5.69 Å². The second-order valence-electron chi connectivity index (χ2n) is 7.01. The fraction of sp³-hybridized carbons (Fsp3) is 0.500. The summed E-state index contributed by atoms with van der Waals surface area (Å²) in [5, 5.41) is 10.6. The molecule has 0 aromatic heterocycles. The standard InChI is InChI=1S/C18H21NO4/c1-18(2)14-6-3-12(16(18)11-14)9-10-23-17(20)13-4-7-15(8-5-13)19(21)22/h3-5,7-8,14,16H,6,9-11H2,1-2H3/t14-,16+/m1/s1. The predicted molar refractivity (Wildman–Crippen MR) is 86.1 cm³/mol. The van der Waals surface area contributed by atoms with Crippen molar-refractivity contribution in [1.82, 2.24) is 0 Å². The number of nitro benzene ring substituents is 1. The lowest BCUT2D eigenvalue weighted by molar-refractivity contribution is -0.384. The molecular formula is C18H21NO4. The van der Waals surface area contributed by atoms with Gasteiger partial charge in [0.05, 0.1) is 17.1 Å². The van der Waals surface area contributed by atoms with E-state index in [2.05, 4.69) is 19.9 Å². The number of carbonyl (C=O) groups is 1. The van der Waals surface area contributed by atoms with Gasteiger partial charge in [0.2, 0.25) is 0 Å². The number of non-ortho nitro benzene ring substituents is 1. The van der Waals surface area contributed by atoms with E-state index >= 15 is 0 Å². The Kier molecular flexibility index (Phi) is 3.96. The number of hydrogen-bond donors (Lipinski definition) is 0. The Balaban J connectivity index is 1.52. The monoisotopic (exact) mass is 315 g/mol. The van der Waals surface area contributed by atoms with Gasteiger partial charge < -0.3 is 4.74 Å². The van der Waals surface area contributed by atoms with Gasteiger partial charge in [-0.2, -0.15) is 0 Å². The van der Waals surface area contributed by atoms with Gasteiger partial charge in [0.25, 0.3) is 5.69 Å². The zero-order valence-corrected chi connectivity index (χ0v) is 13.5. The summed E-state index contributed by atoms with van der Waals surface area (Å²) < 4.78 is 5.32. The largest absolute Gasteiger partial charge is 0.462 e. The molecule has 2 atom stereocenters. The highest BCUT2D eigenvalue weighted by atomic mass is 16.6. The molecule has 122 valence electrons. The highest BCUT2D eigenvalue weighted by Gasteiger charge is 2.50. The topological polar surface area (TPSA) is 69.4 Å². The fourth-order valence-electron chi connectivity index (χ4n) is 3.82. The molecule has 3 aliphatic rings. The molecular weight excluding hydrogens is 294 g/mol. The number of carbonyl (C=O) groups excluding carboxylic acids is 1. The van der Waals surface area contributed by atoms with Crippen LogP contribution in [0.1, 0.15) is 43.5 Å². The average Bonchev–Trinajstić information content (AvgIpc) is 2.54. The summed E-state index contributed by atoms with van der Waals surface area (Å²) >= 11 is 0. The van der Waals surface area contributed by atoms with Crippen molar-refractivity contribution in [2.24, 2.45) is 17.3 Å². The number of nitro groups is 1. The highest BCUT2D eigenvalue weighted by molar-refractivity contribution is 5.89. The zero-order valence-electron chi connectivity index (χ0n) is 13.5. The SMILES string of the molecule is CC1(C)[C@@H]2CC=C(CCOC(=O)c3ccc([N+](=O)[O-])cc3)[C@@H]1C2. The summed E-state index contributed by atoms with van der Waals surface area (Å²) in [4.78, 5) is 22.1. The molecule has 0 amide bonds. The third-order valence-corrected chi connectivity index (χ3v) is 5.52. The van der Waals surface area contributed by atoms with Gasteiger partial charge in [-0.15, -0.1) is 0 Å². The van der Waals surface area contributed by atoms with Gasteiger partial charge in [0, 0.05) is 18.6 Å². The number of esters is 1. The Bertz CT molecular complexity index is 660. The van der Waals surface area contributed by atoms with Gasteiger partial charge in [0.15, 0.2) is 0 Å². The minimum absolute atomic E-state index is 0.0318. The molecule has 3 aliphatic carbocycles. The Morgan fingerprint density at radius 2 is 2.04 bits per heavy atom. The second-order valence-corrected chi connectivity index (χ2v) is 7.01. The summed E-state index contributed by atoms with van der Waals surface area (Å²) in [6, 6.07) is 5.49. The first-order valence-electron chi connectivity index (χ1n) is 8.00. The van der Waals surface area contributed by atoms with E-state index in [0.717, 1.165) is 18.8 Å². The van der Waals surface area contributed by atoms with Crippen molar-refractivity contribution in [1.29, 1.82) is 0 Å². The Hall–Kier alpha value is -2.17. The van der Waals surface area contributed by atoms with Gasteiger partial charge in [0.1, 0.15) is 0 Å². The minimum atomic E-state index is -0.488. The molecule has 1 fully saturated rings. The third-order valence-electron chi connectivity index (χ3n) is 5.52.